The Labute approximate surface area is 102 Å². The molecule has 0 amide bonds. The number of rotatable bonds is 3. The van der Waals surface area contributed by atoms with Crippen molar-refractivity contribution in [1.82, 2.24) is 4.90 Å². The molecule has 0 N–H and O–H groups in total. The van der Waals surface area contributed by atoms with Gasteiger partial charge in [-0.3, -0.25) is 4.79 Å². The third-order valence-corrected chi connectivity index (χ3v) is 2.68. The number of allylic oxidation sites excluding steroid dienone is 3. The van der Waals surface area contributed by atoms with Crippen molar-refractivity contribution in [3.63, 3.8) is 0 Å². The van der Waals surface area contributed by atoms with E-state index in [-0.39, 0.29) is 0 Å². The number of hydrogen-bond donors (Lipinski definition) is 0. The smallest absolute Gasteiger partial charge is 0.150 e. The molecule has 0 radical (unpaired) electrons. The normalized spacial score (nSPS) is 15.1. The number of aldehydes is 1. The molecule has 0 unspecified atom stereocenters. The first-order valence-electron chi connectivity index (χ1n) is 5.60. The molecule has 0 aromatic heterocycles. The van der Waals surface area contributed by atoms with Crippen molar-refractivity contribution in [2.24, 2.45) is 0 Å². The number of nitrogens with zero attached hydrogens (tertiary/aromatic N) is 1. The summed E-state index contributed by atoms with van der Waals surface area (Å²) in [6, 6.07) is 7.54. The van der Waals surface area contributed by atoms with Crippen molar-refractivity contribution in [3.05, 3.63) is 65.4 Å². The molecule has 86 valence electrons. The highest BCUT2D eigenvalue weighted by Gasteiger charge is 1.96. The van der Waals surface area contributed by atoms with E-state index in [9.17, 15) is 4.79 Å². The van der Waals surface area contributed by atoms with Gasteiger partial charge in [0, 0.05) is 19.2 Å². The number of carbonyl (C=O) groups excluding carboxylic acids is 1. The van der Waals surface area contributed by atoms with Crippen LogP contribution in [0.5, 0.6) is 0 Å². The number of hydrogen-bond acceptors (Lipinski definition) is 2. The van der Waals surface area contributed by atoms with Gasteiger partial charge in [0.05, 0.1) is 0 Å². The third kappa shape index (κ3) is 3.18. The molecule has 0 spiro atoms. The van der Waals surface area contributed by atoms with Crippen LogP contribution in [-0.2, 0) is 0 Å². The van der Waals surface area contributed by atoms with E-state index in [2.05, 4.69) is 35.4 Å². The predicted molar refractivity (Wildman–Crippen MR) is 70.7 cm³/mol. The zero-order chi connectivity index (χ0) is 12.1. The van der Waals surface area contributed by atoms with Crippen molar-refractivity contribution >= 4 is 12.4 Å². The minimum atomic E-state index is 0.709. The molecule has 1 aromatic carbocycles. The second-order valence-electron chi connectivity index (χ2n) is 4.08. The van der Waals surface area contributed by atoms with Crippen LogP contribution in [0, 0.1) is 0 Å². The maximum absolute atomic E-state index is 10.5. The van der Waals surface area contributed by atoms with Gasteiger partial charge in [-0.05, 0) is 23.4 Å². The van der Waals surface area contributed by atoms with Crippen molar-refractivity contribution in [3.8, 4) is 0 Å². The Bertz CT molecular complexity index is 480. The Kier molecular flexibility index (Phi) is 3.55. The lowest BCUT2D eigenvalue weighted by Gasteiger charge is -2.15. The van der Waals surface area contributed by atoms with Crippen LogP contribution in [-0.4, -0.2) is 24.8 Å². The van der Waals surface area contributed by atoms with E-state index in [0.717, 1.165) is 18.4 Å². The minimum absolute atomic E-state index is 0.709. The highest BCUT2D eigenvalue weighted by Crippen LogP contribution is 2.10. The summed E-state index contributed by atoms with van der Waals surface area (Å²) in [4.78, 5) is 12.6. The van der Waals surface area contributed by atoms with Crippen LogP contribution in [0.4, 0.5) is 0 Å². The number of carbonyl (C=O) groups is 1. The largest absolute Gasteiger partial charge is 0.377 e. The van der Waals surface area contributed by atoms with Crippen LogP contribution < -0.4 is 0 Å². The van der Waals surface area contributed by atoms with Gasteiger partial charge < -0.3 is 4.90 Å². The molecule has 0 bridgehead atoms. The van der Waals surface area contributed by atoms with Crippen molar-refractivity contribution in [1.29, 1.82) is 0 Å². The molecular weight excluding hydrogens is 210 g/mol. The van der Waals surface area contributed by atoms with E-state index >= 15 is 0 Å². The molecule has 1 aromatic rings. The SMILES string of the molecule is CN1C=CC(C=Cc2ccc(C=O)cc2)=CC1. The Morgan fingerprint density at radius 1 is 1.12 bits per heavy atom. The second kappa shape index (κ2) is 5.30. The first-order valence-corrected chi connectivity index (χ1v) is 5.60. The molecule has 0 atom stereocenters. The van der Waals surface area contributed by atoms with Crippen LogP contribution in [0.3, 0.4) is 0 Å². The highest BCUT2D eigenvalue weighted by atomic mass is 16.1. The monoisotopic (exact) mass is 225 g/mol. The van der Waals surface area contributed by atoms with Crippen LogP contribution in [0.15, 0.2) is 54.3 Å². The lowest BCUT2D eigenvalue weighted by molar-refractivity contribution is 0.112. The summed E-state index contributed by atoms with van der Waals surface area (Å²) in [5, 5.41) is 0. The van der Waals surface area contributed by atoms with Crippen molar-refractivity contribution in [2.75, 3.05) is 13.6 Å². The molecule has 2 nitrogen and oxygen atoms in total. The average molecular weight is 225 g/mol. The van der Waals surface area contributed by atoms with Gasteiger partial charge in [-0.1, -0.05) is 42.5 Å². The van der Waals surface area contributed by atoms with E-state index in [1.54, 1.807) is 0 Å². The fourth-order valence-electron chi connectivity index (χ4n) is 1.59. The standard InChI is InChI=1S/C15H15NO/c1-16-10-8-14(9-11-16)3-2-13-4-6-15(12-17)7-5-13/h2-10,12H,11H2,1H3. The first kappa shape index (κ1) is 11.4. The first-order chi connectivity index (χ1) is 8.28. The van der Waals surface area contributed by atoms with E-state index in [1.165, 1.54) is 5.57 Å². The fourth-order valence-corrected chi connectivity index (χ4v) is 1.59. The summed E-state index contributed by atoms with van der Waals surface area (Å²) in [6.45, 7) is 0.945. The summed E-state index contributed by atoms with van der Waals surface area (Å²) in [5.74, 6) is 0. The number of benzene rings is 1. The highest BCUT2D eigenvalue weighted by molar-refractivity contribution is 5.75. The van der Waals surface area contributed by atoms with Crippen LogP contribution in [0.1, 0.15) is 15.9 Å². The summed E-state index contributed by atoms with van der Waals surface area (Å²) >= 11 is 0. The Hall–Kier alpha value is -2.09. The lowest BCUT2D eigenvalue weighted by atomic mass is 10.1. The maximum Gasteiger partial charge on any atom is 0.150 e. The van der Waals surface area contributed by atoms with Gasteiger partial charge in [0.25, 0.3) is 0 Å². The topological polar surface area (TPSA) is 20.3 Å². The molecule has 2 rings (SSSR count). The fraction of sp³-hybridized carbons (Fsp3) is 0.133. The summed E-state index contributed by atoms with van der Waals surface area (Å²) < 4.78 is 0. The molecule has 0 saturated carbocycles. The van der Waals surface area contributed by atoms with Crippen molar-refractivity contribution in [2.45, 2.75) is 0 Å². The van der Waals surface area contributed by atoms with E-state index in [0.29, 0.717) is 5.56 Å². The van der Waals surface area contributed by atoms with Gasteiger partial charge in [-0.25, -0.2) is 0 Å². The molecule has 1 aliphatic heterocycles. The minimum Gasteiger partial charge on any atom is -0.377 e. The summed E-state index contributed by atoms with van der Waals surface area (Å²) in [6.07, 6.45) is 11.3. The number of likely N-dealkylation sites (N-methyl/N-ethyl adjacent to an activating group) is 1. The van der Waals surface area contributed by atoms with E-state index in [4.69, 9.17) is 0 Å². The Morgan fingerprint density at radius 2 is 1.82 bits per heavy atom. The molecule has 0 saturated heterocycles. The molecule has 17 heavy (non-hydrogen) atoms. The van der Waals surface area contributed by atoms with Crippen molar-refractivity contribution < 1.29 is 4.79 Å². The average Bonchev–Trinajstić information content (AvgIpc) is 2.39. The Balaban J connectivity index is 2.05. The molecular formula is C15H15NO. The second-order valence-corrected chi connectivity index (χ2v) is 4.08. The van der Waals surface area contributed by atoms with E-state index < -0.39 is 0 Å². The zero-order valence-corrected chi connectivity index (χ0v) is 9.84. The molecule has 0 fully saturated rings. The van der Waals surface area contributed by atoms with E-state index in [1.807, 2.05) is 31.3 Å². The molecule has 1 heterocycles. The van der Waals surface area contributed by atoms with Crippen LogP contribution in [0.2, 0.25) is 0 Å². The molecule has 2 heteroatoms. The third-order valence-electron chi connectivity index (χ3n) is 2.68. The summed E-state index contributed by atoms with van der Waals surface area (Å²) in [5.41, 5.74) is 3.02. The summed E-state index contributed by atoms with van der Waals surface area (Å²) in [7, 11) is 2.05. The lowest BCUT2D eigenvalue weighted by Crippen LogP contribution is -2.12. The van der Waals surface area contributed by atoms with Crippen LogP contribution in [0.25, 0.3) is 6.08 Å². The van der Waals surface area contributed by atoms with Gasteiger partial charge >= 0.3 is 0 Å². The quantitative estimate of drug-likeness (QED) is 0.737. The zero-order valence-electron chi connectivity index (χ0n) is 9.84. The predicted octanol–water partition coefficient (Wildman–Crippen LogP) is 2.90. The van der Waals surface area contributed by atoms with Gasteiger partial charge in [0.1, 0.15) is 6.29 Å². The van der Waals surface area contributed by atoms with Crippen LogP contribution >= 0.6 is 0 Å². The molecule has 1 aliphatic rings. The van der Waals surface area contributed by atoms with Gasteiger partial charge in [-0.15, -0.1) is 0 Å². The maximum atomic E-state index is 10.5. The van der Waals surface area contributed by atoms with Gasteiger partial charge in [0.15, 0.2) is 0 Å². The van der Waals surface area contributed by atoms with Gasteiger partial charge in [0.2, 0.25) is 0 Å². The molecule has 0 aliphatic carbocycles. The van der Waals surface area contributed by atoms with Gasteiger partial charge in [-0.2, -0.15) is 0 Å². The Morgan fingerprint density at radius 3 is 2.41 bits per heavy atom.